The van der Waals surface area contributed by atoms with E-state index >= 15 is 0 Å². The number of halogens is 3. The first-order valence-corrected chi connectivity index (χ1v) is 10.9. The normalized spacial score (nSPS) is 12.6. The molecule has 0 radical (unpaired) electrons. The average Bonchev–Trinajstić information content (AvgIpc) is 3.17. The summed E-state index contributed by atoms with van der Waals surface area (Å²) in [5.74, 6) is -0.551. The molecular formula is C24H27F3N4O3. The molecule has 3 rings (SSSR count). The van der Waals surface area contributed by atoms with E-state index in [0.29, 0.717) is 23.8 Å². The van der Waals surface area contributed by atoms with Crippen LogP contribution in [0.3, 0.4) is 0 Å². The smallest absolute Gasteiger partial charge is 0.405 e. The molecule has 10 heteroatoms. The Morgan fingerprint density at radius 1 is 1.09 bits per heavy atom. The zero-order valence-corrected chi connectivity index (χ0v) is 18.9. The molecule has 182 valence electrons. The van der Waals surface area contributed by atoms with Crippen LogP contribution < -0.4 is 10.6 Å². The first-order valence-electron chi connectivity index (χ1n) is 10.9. The van der Waals surface area contributed by atoms with Gasteiger partial charge in [-0.05, 0) is 42.2 Å². The van der Waals surface area contributed by atoms with Gasteiger partial charge in [0.2, 0.25) is 5.91 Å². The largest absolute Gasteiger partial charge is 0.508 e. The first-order chi connectivity index (χ1) is 16.0. The van der Waals surface area contributed by atoms with E-state index in [1.807, 2.05) is 17.4 Å². The number of hydrogen-bond acceptors (Lipinski definition) is 4. The van der Waals surface area contributed by atoms with Crippen LogP contribution in [0.2, 0.25) is 0 Å². The van der Waals surface area contributed by atoms with E-state index in [-0.39, 0.29) is 29.7 Å². The molecule has 1 unspecified atom stereocenters. The Hall–Kier alpha value is -3.56. The number of nitrogens with one attached hydrogen (secondary N) is 2. The molecule has 0 saturated heterocycles. The molecule has 0 spiro atoms. The summed E-state index contributed by atoms with van der Waals surface area (Å²) in [4.78, 5) is 29.0. The molecule has 2 heterocycles. The minimum atomic E-state index is -4.49. The number of aromatic nitrogens is 2. The molecular weight excluding hydrogens is 449 g/mol. The summed E-state index contributed by atoms with van der Waals surface area (Å²) >= 11 is 0. The number of pyridine rings is 1. The van der Waals surface area contributed by atoms with Crippen molar-refractivity contribution >= 4 is 17.5 Å². The Balaban J connectivity index is 1.71. The van der Waals surface area contributed by atoms with E-state index in [9.17, 15) is 27.9 Å². The summed E-state index contributed by atoms with van der Waals surface area (Å²) in [5, 5.41) is 14.3. The second kappa shape index (κ2) is 10.6. The van der Waals surface area contributed by atoms with Crippen molar-refractivity contribution in [1.29, 1.82) is 0 Å². The van der Waals surface area contributed by atoms with Gasteiger partial charge in [0.25, 0.3) is 5.91 Å². The van der Waals surface area contributed by atoms with Crippen molar-refractivity contribution in [2.75, 3.05) is 13.1 Å². The highest BCUT2D eigenvalue weighted by molar-refractivity contribution is 5.93. The fourth-order valence-corrected chi connectivity index (χ4v) is 3.72. The van der Waals surface area contributed by atoms with Crippen LogP contribution in [0.15, 0.2) is 48.7 Å². The number of fused-ring (bicyclic) bond motifs is 1. The van der Waals surface area contributed by atoms with Gasteiger partial charge in [-0.2, -0.15) is 13.2 Å². The summed E-state index contributed by atoms with van der Waals surface area (Å²) in [5.41, 5.74) is 1.95. The number of imidazole rings is 1. The van der Waals surface area contributed by atoms with E-state index in [1.165, 1.54) is 10.6 Å². The predicted octanol–water partition coefficient (Wildman–Crippen LogP) is 3.82. The zero-order chi connectivity index (χ0) is 24.9. The van der Waals surface area contributed by atoms with Crippen molar-refractivity contribution in [2.24, 2.45) is 5.92 Å². The molecule has 3 N–H and O–H groups in total. The predicted molar refractivity (Wildman–Crippen MR) is 121 cm³/mol. The van der Waals surface area contributed by atoms with Gasteiger partial charge in [-0.25, -0.2) is 4.98 Å². The number of nitrogens with zero attached hydrogens (tertiary/aromatic N) is 2. The molecule has 0 aliphatic carbocycles. The molecule has 0 aliphatic rings. The second-order valence-corrected chi connectivity index (χ2v) is 8.57. The van der Waals surface area contributed by atoms with Gasteiger partial charge in [-0.15, -0.1) is 0 Å². The van der Waals surface area contributed by atoms with Gasteiger partial charge in [0, 0.05) is 18.7 Å². The summed E-state index contributed by atoms with van der Waals surface area (Å²) < 4.78 is 38.4. The van der Waals surface area contributed by atoms with Gasteiger partial charge in [-0.1, -0.05) is 32.0 Å². The summed E-state index contributed by atoms with van der Waals surface area (Å²) in [6.07, 6.45) is -2.52. The number of rotatable bonds is 9. The van der Waals surface area contributed by atoms with Crippen LogP contribution in [0.4, 0.5) is 13.2 Å². The van der Waals surface area contributed by atoms with Crippen molar-refractivity contribution < 1.29 is 27.9 Å². The number of benzene rings is 1. The molecule has 34 heavy (non-hydrogen) atoms. The lowest BCUT2D eigenvalue weighted by atomic mass is 9.90. The molecule has 1 atom stereocenters. The van der Waals surface area contributed by atoms with Crippen LogP contribution in [0.1, 0.15) is 47.9 Å². The quantitative estimate of drug-likeness (QED) is 0.438. The zero-order valence-electron chi connectivity index (χ0n) is 18.9. The van der Waals surface area contributed by atoms with E-state index in [1.54, 1.807) is 30.3 Å². The number of amides is 2. The maximum absolute atomic E-state index is 13.0. The number of hydrogen-bond donors (Lipinski definition) is 3. The fraction of sp³-hybridized carbons (Fsp3) is 0.375. The highest BCUT2D eigenvalue weighted by Crippen LogP contribution is 2.25. The lowest BCUT2D eigenvalue weighted by molar-refractivity contribution is -0.138. The molecule has 1 aromatic carbocycles. The molecule has 0 saturated carbocycles. The van der Waals surface area contributed by atoms with Gasteiger partial charge in [0.05, 0.1) is 12.1 Å². The summed E-state index contributed by atoms with van der Waals surface area (Å²) in [7, 11) is 0. The van der Waals surface area contributed by atoms with E-state index < -0.39 is 18.6 Å². The summed E-state index contributed by atoms with van der Waals surface area (Å²) in [6, 6.07) is 11.8. The standard InChI is InChI=1S/C24H27F3N4O3/c1-15(2)10-17(16-6-8-19(32)9-7-16)12-28-23(34)20-4-3-5-21-30-18(13-31(20)21)11-22(33)29-14-24(25,26)27/h3-9,13,15,17,32H,10-12,14H2,1-2H3,(H,28,34)(H,29,33). The maximum atomic E-state index is 13.0. The van der Waals surface area contributed by atoms with Gasteiger partial charge in [0.15, 0.2) is 0 Å². The number of aromatic hydroxyl groups is 1. The van der Waals surface area contributed by atoms with Gasteiger partial charge in [-0.3, -0.25) is 14.0 Å². The van der Waals surface area contributed by atoms with Crippen LogP contribution in [-0.2, 0) is 11.2 Å². The first kappa shape index (κ1) is 25.1. The molecule has 0 fully saturated rings. The Kier molecular flexibility index (Phi) is 7.80. The Bertz CT molecular complexity index is 1140. The maximum Gasteiger partial charge on any atom is 0.405 e. The average molecular weight is 476 g/mol. The van der Waals surface area contributed by atoms with E-state index in [4.69, 9.17) is 0 Å². The van der Waals surface area contributed by atoms with Gasteiger partial charge < -0.3 is 15.7 Å². The molecule has 2 amide bonds. The van der Waals surface area contributed by atoms with Crippen molar-refractivity contribution in [3.63, 3.8) is 0 Å². The van der Waals surface area contributed by atoms with Crippen LogP contribution >= 0.6 is 0 Å². The minimum Gasteiger partial charge on any atom is -0.508 e. The molecule has 0 aliphatic heterocycles. The summed E-state index contributed by atoms with van der Waals surface area (Å²) in [6.45, 7) is 3.15. The Morgan fingerprint density at radius 3 is 2.44 bits per heavy atom. The Morgan fingerprint density at radius 2 is 1.79 bits per heavy atom. The molecule has 3 aromatic rings. The van der Waals surface area contributed by atoms with E-state index in [2.05, 4.69) is 24.1 Å². The fourth-order valence-electron chi connectivity index (χ4n) is 3.72. The number of carbonyl (C=O) groups excluding carboxylic acids is 2. The van der Waals surface area contributed by atoms with Crippen molar-refractivity contribution in [1.82, 2.24) is 20.0 Å². The second-order valence-electron chi connectivity index (χ2n) is 8.57. The molecule has 7 nitrogen and oxygen atoms in total. The van der Waals surface area contributed by atoms with E-state index in [0.717, 1.165) is 12.0 Å². The molecule has 0 bridgehead atoms. The Labute approximate surface area is 195 Å². The third-order valence-corrected chi connectivity index (χ3v) is 5.23. The topological polar surface area (TPSA) is 95.7 Å². The van der Waals surface area contributed by atoms with Crippen LogP contribution in [0.25, 0.3) is 5.65 Å². The van der Waals surface area contributed by atoms with Crippen molar-refractivity contribution in [3.8, 4) is 5.75 Å². The van der Waals surface area contributed by atoms with Crippen LogP contribution in [0.5, 0.6) is 5.75 Å². The van der Waals surface area contributed by atoms with Crippen molar-refractivity contribution in [3.05, 3.63) is 65.6 Å². The van der Waals surface area contributed by atoms with Crippen LogP contribution in [0, 0.1) is 5.92 Å². The number of phenols is 1. The SMILES string of the molecule is CC(C)CC(CNC(=O)c1cccc2nc(CC(=O)NCC(F)(F)F)cn12)c1ccc(O)cc1. The van der Waals surface area contributed by atoms with Crippen molar-refractivity contribution in [2.45, 2.75) is 38.8 Å². The lowest BCUT2D eigenvalue weighted by Crippen LogP contribution is -2.34. The number of alkyl halides is 3. The highest BCUT2D eigenvalue weighted by atomic mass is 19.4. The third-order valence-electron chi connectivity index (χ3n) is 5.23. The van der Waals surface area contributed by atoms with Gasteiger partial charge in [0.1, 0.15) is 23.6 Å². The number of phenolic OH excluding ortho intramolecular Hbond substituents is 1. The van der Waals surface area contributed by atoms with Gasteiger partial charge >= 0.3 is 6.18 Å². The monoisotopic (exact) mass is 476 g/mol. The number of carbonyl (C=O) groups is 2. The molecule has 2 aromatic heterocycles. The minimum absolute atomic E-state index is 0.0411. The lowest BCUT2D eigenvalue weighted by Gasteiger charge is -2.20. The highest BCUT2D eigenvalue weighted by Gasteiger charge is 2.27. The third kappa shape index (κ3) is 6.97. The van der Waals surface area contributed by atoms with Crippen LogP contribution in [-0.4, -0.2) is 45.6 Å².